The van der Waals surface area contributed by atoms with Crippen molar-refractivity contribution in [2.75, 3.05) is 29.8 Å². The normalized spacial score (nSPS) is 13.2. The zero-order valence-electron chi connectivity index (χ0n) is 20.1. The van der Waals surface area contributed by atoms with Crippen LogP contribution >= 0.6 is 11.6 Å². The molecule has 2 N–H and O–H groups in total. The first kappa shape index (κ1) is 24.8. The predicted octanol–water partition coefficient (Wildman–Crippen LogP) is 5.01. The van der Waals surface area contributed by atoms with Gasteiger partial charge in [0.25, 0.3) is 17.7 Å². The van der Waals surface area contributed by atoms with Gasteiger partial charge in [0.15, 0.2) is 0 Å². The number of ether oxygens (including phenoxy) is 2. The molecule has 1 heterocycles. The second-order valence-corrected chi connectivity index (χ2v) is 8.53. The van der Waals surface area contributed by atoms with E-state index in [1.807, 2.05) is 32.0 Å². The molecule has 9 heteroatoms. The fourth-order valence-corrected chi connectivity index (χ4v) is 4.01. The zero-order chi connectivity index (χ0) is 26.0. The van der Waals surface area contributed by atoms with Gasteiger partial charge in [-0.25, -0.2) is 4.90 Å². The van der Waals surface area contributed by atoms with Gasteiger partial charge in [-0.3, -0.25) is 14.4 Å². The molecule has 1 aliphatic rings. The first-order valence-electron chi connectivity index (χ1n) is 11.0. The van der Waals surface area contributed by atoms with Crippen LogP contribution in [-0.2, 0) is 9.59 Å². The van der Waals surface area contributed by atoms with Crippen molar-refractivity contribution >= 4 is 46.4 Å². The summed E-state index contributed by atoms with van der Waals surface area (Å²) in [6.07, 6.45) is 0. The Kier molecular flexibility index (Phi) is 6.98. The molecule has 0 aliphatic carbocycles. The molecule has 3 amide bonds. The zero-order valence-corrected chi connectivity index (χ0v) is 20.9. The highest BCUT2D eigenvalue weighted by molar-refractivity contribution is 6.53. The summed E-state index contributed by atoms with van der Waals surface area (Å²) in [4.78, 5) is 39.7. The maximum Gasteiger partial charge on any atom is 0.283 e. The second-order valence-electron chi connectivity index (χ2n) is 8.15. The van der Waals surface area contributed by atoms with Crippen molar-refractivity contribution in [2.24, 2.45) is 0 Å². The van der Waals surface area contributed by atoms with Crippen molar-refractivity contribution in [2.45, 2.75) is 13.8 Å². The summed E-state index contributed by atoms with van der Waals surface area (Å²) in [6, 6.07) is 17.0. The highest BCUT2D eigenvalue weighted by atomic mass is 35.5. The summed E-state index contributed by atoms with van der Waals surface area (Å²) in [5, 5.41) is 5.53. The van der Waals surface area contributed by atoms with Gasteiger partial charge < -0.3 is 20.1 Å². The van der Waals surface area contributed by atoms with Gasteiger partial charge in [0.05, 0.1) is 19.9 Å². The van der Waals surface area contributed by atoms with Crippen molar-refractivity contribution in [3.05, 3.63) is 88.1 Å². The van der Waals surface area contributed by atoms with Crippen LogP contribution in [0.3, 0.4) is 0 Å². The molecule has 0 saturated heterocycles. The average Bonchev–Trinajstić information content (AvgIpc) is 3.08. The third-order valence-electron chi connectivity index (χ3n) is 5.70. The maximum absolute atomic E-state index is 13.2. The third kappa shape index (κ3) is 4.76. The standard InChI is InChI=1S/C27H24ClN3O5/c1-15-5-11-20(16(2)13-15)30-25(32)17-6-8-18(9-7-17)29-24-23(28)26(33)31(27(24)34)21-14-19(35-3)10-12-22(21)36-4/h5-14,29H,1-4H3,(H,30,32). The maximum atomic E-state index is 13.2. The minimum atomic E-state index is -0.694. The van der Waals surface area contributed by atoms with Gasteiger partial charge in [-0.2, -0.15) is 0 Å². The van der Waals surface area contributed by atoms with Crippen LogP contribution in [0, 0.1) is 13.8 Å². The van der Waals surface area contributed by atoms with Crippen molar-refractivity contribution in [3.63, 3.8) is 0 Å². The summed E-state index contributed by atoms with van der Waals surface area (Å²) in [5.41, 5.74) is 3.83. The molecule has 0 saturated carbocycles. The Hall–Kier alpha value is -4.30. The van der Waals surface area contributed by atoms with E-state index >= 15 is 0 Å². The lowest BCUT2D eigenvalue weighted by Gasteiger charge is -2.19. The SMILES string of the molecule is COc1ccc(OC)c(N2C(=O)C(Cl)=C(Nc3ccc(C(=O)Nc4ccc(C)cc4C)cc3)C2=O)c1. The molecule has 3 aromatic rings. The fraction of sp³-hybridized carbons (Fsp3) is 0.148. The summed E-state index contributed by atoms with van der Waals surface area (Å²) in [6.45, 7) is 3.92. The fourth-order valence-electron chi connectivity index (χ4n) is 3.80. The van der Waals surface area contributed by atoms with Crippen LogP contribution in [0.15, 0.2) is 71.4 Å². The lowest BCUT2D eigenvalue weighted by Crippen LogP contribution is -2.32. The van der Waals surface area contributed by atoms with E-state index in [4.69, 9.17) is 21.1 Å². The first-order chi connectivity index (χ1) is 17.2. The van der Waals surface area contributed by atoms with E-state index in [2.05, 4.69) is 10.6 Å². The Morgan fingerprint density at radius 2 is 1.61 bits per heavy atom. The first-order valence-corrected chi connectivity index (χ1v) is 11.4. The monoisotopic (exact) mass is 505 g/mol. The number of rotatable bonds is 7. The molecule has 0 atom stereocenters. The summed E-state index contributed by atoms with van der Waals surface area (Å²) in [5.74, 6) is -0.858. The summed E-state index contributed by atoms with van der Waals surface area (Å²) in [7, 11) is 2.91. The number of carbonyl (C=O) groups is 3. The van der Waals surface area contributed by atoms with Crippen LogP contribution in [0.4, 0.5) is 17.1 Å². The van der Waals surface area contributed by atoms with E-state index in [1.54, 1.807) is 36.4 Å². The van der Waals surface area contributed by atoms with E-state index in [-0.39, 0.29) is 22.3 Å². The van der Waals surface area contributed by atoms with Crippen molar-refractivity contribution in [1.29, 1.82) is 0 Å². The van der Waals surface area contributed by atoms with Crippen molar-refractivity contribution in [1.82, 2.24) is 0 Å². The Morgan fingerprint density at radius 3 is 2.25 bits per heavy atom. The van der Waals surface area contributed by atoms with Crippen LogP contribution in [0.2, 0.25) is 0 Å². The van der Waals surface area contributed by atoms with Gasteiger partial charge in [-0.1, -0.05) is 29.3 Å². The molecule has 1 aliphatic heterocycles. The van der Waals surface area contributed by atoms with Crippen LogP contribution in [0.5, 0.6) is 11.5 Å². The van der Waals surface area contributed by atoms with Crippen molar-refractivity contribution < 1.29 is 23.9 Å². The van der Waals surface area contributed by atoms with E-state index < -0.39 is 11.8 Å². The van der Waals surface area contributed by atoms with Crippen LogP contribution in [0.25, 0.3) is 0 Å². The lowest BCUT2D eigenvalue weighted by atomic mass is 10.1. The molecule has 0 aromatic heterocycles. The van der Waals surface area contributed by atoms with Crippen LogP contribution in [0.1, 0.15) is 21.5 Å². The number of benzene rings is 3. The Balaban J connectivity index is 1.52. The predicted molar refractivity (Wildman–Crippen MR) is 139 cm³/mol. The molecule has 8 nitrogen and oxygen atoms in total. The number of nitrogens with zero attached hydrogens (tertiary/aromatic N) is 1. The van der Waals surface area contributed by atoms with Crippen molar-refractivity contribution in [3.8, 4) is 11.5 Å². The number of methoxy groups -OCH3 is 2. The summed E-state index contributed by atoms with van der Waals surface area (Å²) >= 11 is 6.25. The average molecular weight is 506 g/mol. The number of halogens is 1. The van der Waals surface area contributed by atoms with Gasteiger partial charge in [-0.15, -0.1) is 0 Å². The number of anilines is 3. The number of nitrogens with one attached hydrogen (secondary N) is 2. The van der Waals surface area contributed by atoms with E-state index in [0.717, 1.165) is 21.7 Å². The molecule has 4 rings (SSSR count). The quantitative estimate of drug-likeness (QED) is 0.438. The molecule has 0 bridgehead atoms. The number of aryl methyl sites for hydroxylation is 2. The Labute approximate surface area is 213 Å². The topological polar surface area (TPSA) is 97.0 Å². The third-order valence-corrected chi connectivity index (χ3v) is 6.05. The van der Waals surface area contributed by atoms with Gasteiger partial charge in [0.1, 0.15) is 22.2 Å². The van der Waals surface area contributed by atoms with E-state index in [9.17, 15) is 14.4 Å². The van der Waals surface area contributed by atoms with E-state index in [0.29, 0.717) is 22.7 Å². The highest BCUT2D eigenvalue weighted by Crippen LogP contribution is 2.38. The molecular formula is C27H24ClN3O5. The minimum Gasteiger partial charge on any atom is -0.497 e. The molecule has 36 heavy (non-hydrogen) atoms. The number of amides is 3. The van der Waals surface area contributed by atoms with Gasteiger partial charge in [-0.05, 0) is 61.9 Å². The molecule has 0 unspecified atom stereocenters. The Bertz CT molecular complexity index is 1400. The second kappa shape index (κ2) is 10.1. The van der Waals surface area contributed by atoms with Crippen LogP contribution in [-0.4, -0.2) is 31.9 Å². The molecule has 0 fully saturated rings. The minimum absolute atomic E-state index is 0.0842. The molecule has 184 valence electrons. The molecular weight excluding hydrogens is 482 g/mol. The smallest absolute Gasteiger partial charge is 0.283 e. The van der Waals surface area contributed by atoms with Gasteiger partial charge in [0, 0.05) is 23.0 Å². The van der Waals surface area contributed by atoms with Crippen LogP contribution < -0.4 is 25.0 Å². The summed E-state index contributed by atoms with van der Waals surface area (Å²) < 4.78 is 10.5. The lowest BCUT2D eigenvalue weighted by molar-refractivity contribution is -0.120. The number of carbonyl (C=O) groups excluding carboxylic acids is 3. The van der Waals surface area contributed by atoms with Gasteiger partial charge in [0.2, 0.25) is 0 Å². The number of imide groups is 1. The van der Waals surface area contributed by atoms with E-state index in [1.165, 1.54) is 20.3 Å². The largest absolute Gasteiger partial charge is 0.497 e. The molecule has 3 aromatic carbocycles. The number of hydrogen-bond donors (Lipinski definition) is 2. The number of hydrogen-bond acceptors (Lipinski definition) is 6. The molecule has 0 spiro atoms. The highest BCUT2D eigenvalue weighted by Gasteiger charge is 2.40. The molecule has 0 radical (unpaired) electrons. The van der Waals surface area contributed by atoms with Gasteiger partial charge >= 0.3 is 0 Å². The Morgan fingerprint density at radius 1 is 0.889 bits per heavy atom.